The van der Waals surface area contributed by atoms with Crippen molar-refractivity contribution in [1.29, 1.82) is 0 Å². The van der Waals surface area contributed by atoms with E-state index < -0.39 is 33.6 Å². The zero-order valence-electron chi connectivity index (χ0n) is 18.5. The van der Waals surface area contributed by atoms with Crippen molar-refractivity contribution < 1.29 is 22.7 Å². The summed E-state index contributed by atoms with van der Waals surface area (Å²) in [6.07, 6.45) is 1.54. The average Bonchev–Trinajstić information content (AvgIpc) is 2.85. The van der Waals surface area contributed by atoms with Crippen molar-refractivity contribution >= 4 is 38.4 Å². The maximum Gasteiger partial charge on any atom is 0.360 e. The maximum atomic E-state index is 12.8. The number of hydrogen-bond acceptors (Lipinski definition) is 7. The second-order valence-electron chi connectivity index (χ2n) is 7.97. The van der Waals surface area contributed by atoms with Gasteiger partial charge in [0, 0.05) is 24.2 Å². The van der Waals surface area contributed by atoms with Crippen LogP contribution in [0.1, 0.15) is 36.7 Å². The second-order valence-corrected chi connectivity index (χ2v) is 9.91. The van der Waals surface area contributed by atoms with Crippen LogP contribution >= 0.6 is 0 Å². The quantitative estimate of drug-likeness (QED) is 0.512. The third kappa shape index (κ3) is 4.85. The Morgan fingerprint density at radius 2 is 1.68 bits per heavy atom. The van der Waals surface area contributed by atoms with Crippen LogP contribution in [-0.4, -0.2) is 54.0 Å². The molecule has 2 heterocycles. The Balaban J connectivity index is 1.42. The van der Waals surface area contributed by atoms with E-state index >= 15 is 0 Å². The number of aromatic nitrogens is 2. The molecule has 1 aliphatic rings. The van der Waals surface area contributed by atoms with Gasteiger partial charge in [-0.05, 0) is 50.1 Å². The van der Waals surface area contributed by atoms with Gasteiger partial charge in [-0.3, -0.25) is 9.59 Å². The van der Waals surface area contributed by atoms with Gasteiger partial charge in [-0.15, -0.1) is 0 Å². The van der Waals surface area contributed by atoms with Crippen molar-refractivity contribution in [2.75, 3.05) is 18.4 Å². The zero-order chi connectivity index (χ0) is 24.3. The van der Waals surface area contributed by atoms with Gasteiger partial charge in [0.1, 0.15) is 0 Å². The van der Waals surface area contributed by atoms with Crippen LogP contribution in [0.15, 0.2) is 58.2 Å². The molecule has 4 rings (SSSR count). The third-order valence-electron chi connectivity index (χ3n) is 5.62. The lowest BCUT2D eigenvalue weighted by Gasteiger charge is -2.25. The molecule has 11 heteroatoms. The fraction of sp³-hybridized carbons (Fsp3) is 0.304. The van der Waals surface area contributed by atoms with Crippen molar-refractivity contribution in [2.24, 2.45) is 0 Å². The largest absolute Gasteiger partial charge is 0.448 e. The highest BCUT2D eigenvalue weighted by molar-refractivity contribution is 7.89. The number of benzene rings is 2. The minimum Gasteiger partial charge on any atom is -0.448 e. The van der Waals surface area contributed by atoms with Gasteiger partial charge in [-0.25, -0.2) is 18.3 Å². The first-order valence-corrected chi connectivity index (χ1v) is 12.3. The molecular weight excluding hydrogens is 460 g/mol. The van der Waals surface area contributed by atoms with Gasteiger partial charge in [0.15, 0.2) is 11.8 Å². The van der Waals surface area contributed by atoms with Crippen LogP contribution in [-0.2, 0) is 19.6 Å². The second kappa shape index (κ2) is 9.74. The number of piperidine rings is 1. The number of hydrogen-bond donors (Lipinski definition) is 2. The Morgan fingerprint density at radius 1 is 1.03 bits per heavy atom. The van der Waals surface area contributed by atoms with Gasteiger partial charge in [-0.1, -0.05) is 24.6 Å². The van der Waals surface area contributed by atoms with Gasteiger partial charge in [0.05, 0.1) is 10.3 Å². The van der Waals surface area contributed by atoms with Crippen molar-refractivity contribution in [2.45, 2.75) is 37.2 Å². The van der Waals surface area contributed by atoms with Crippen LogP contribution in [0.4, 0.5) is 5.69 Å². The summed E-state index contributed by atoms with van der Waals surface area (Å²) in [6.45, 7) is 2.41. The Labute approximate surface area is 196 Å². The third-order valence-corrected chi connectivity index (χ3v) is 7.53. The summed E-state index contributed by atoms with van der Waals surface area (Å²) in [5, 5.41) is 9.21. The van der Waals surface area contributed by atoms with E-state index in [1.807, 2.05) is 0 Å². The first-order chi connectivity index (χ1) is 16.3. The molecule has 1 saturated heterocycles. The molecule has 1 fully saturated rings. The fourth-order valence-corrected chi connectivity index (χ4v) is 5.27. The number of nitrogens with zero attached hydrogens (tertiary/aromatic N) is 2. The summed E-state index contributed by atoms with van der Waals surface area (Å²) in [5.74, 6) is -1.47. The SMILES string of the molecule is C[C@@H](OC(=O)c1n[nH]c(=O)c2ccccc12)C(=O)Nc1ccc(S(=O)(=O)N2CCCCC2)cc1. The number of aromatic amines is 1. The highest BCUT2D eigenvalue weighted by Gasteiger charge is 2.26. The Kier molecular flexibility index (Phi) is 6.75. The van der Waals surface area contributed by atoms with Crippen molar-refractivity contribution in [3.05, 3.63) is 64.6 Å². The molecule has 1 aliphatic heterocycles. The predicted octanol–water partition coefficient (Wildman–Crippen LogP) is 2.28. The maximum absolute atomic E-state index is 12.8. The number of carbonyl (C=O) groups is 2. The molecule has 0 radical (unpaired) electrons. The average molecular weight is 485 g/mol. The number of rotatable bonds is 6. The number of H-pyrrole nitrogens is 1. The Morgan fingerprint density at radius 3 is 2.35 bits per heavy atom. The summed E-state index contributed by atoms with van der Waals surface area (Å²) < 4.78 is 32.2. The molecule has 178 valence electrons. The molecule has 10 nitrogen and oxygen atoms in total. The van der Waals surface area contributed by atoms with Crippen LogP contribution in [0.25, 0.3) is 10.8 Å². The minimum absolute atomic E-state index is 0.109. The molecule has 1 aromatic heterocycles. The van der Waals surface area contributed by atoms with Crippen molar-refractivity contribution in [3.8, 4) is 0 Å². The van der Waals surface area contributed by atoms with E-state index in [4.69, 9.17) is 4.74 Å². The lowest BCUT2D eigenvalue weighted by atomic mass is 10.1. The molecular formula is C23H24N4O6S. The molecule has 3 aromatic rings. The number of nitrogens with one attached hydrogen (secondary N) is 2. The van der Waals surface area contributed by atoms with Crippen molar-refractivity contribution in [3.63, 3.8) is 0 Å². The molecule has 0 aliphatic carbocycles. The summed E-state index contributed by atoms with van der Waals surface area (Å²) in [5.41, 5.74) is -0.191. The van der Waals surface area contributed by atoms with Crippen molar-refractivity contribution in [1.82, 2.24) is 14.5 Å². The number of fused-ring (bicyclic) bond motifs is 1. The van der Waals surface area contributed by atoms with E-state index in [1.54, 1.807) is 24.3 Å². The van der Waals surface area contributed by atoms with E-state index in [0.29, 0.717) is 24.2 Å². The molecule has 2 N–H and O–H groups in total. The molecule has 34 heavy (non-hydrogen) atoms. The number of sulfonamides is 1. The number of amides is 1. The summed E-state index contributed by atoms with van der Waals surface area (Å²) in [4.78, 5) is 37.2. The number of carbonyl (C=O) groups excluding carboxylic acids is 2. The minimum atomic E-state index is -3.57. The van der Waals surface area contributed by atoms with Crippen LogP contribution < -0.4 is 10.9 Å². The monoisotopic (exact) mass is 484 g/mol. The fourth-order valence-electron chi connectivity index (χ4n) is 3.75. The van der Waals surface area contributed by atoms with Crippen LogP contribution in [0.3, 0.4) is 0 Å². The van der Waals surface area contributed by atoms with Gasteiger partial charge < -0.3 is 10.1 Å². The highest BCUT2D eigenvalue weighted by Crippen LogP contribution is 2.22. The highest BCUT2D eigenvalue weighted by atomic mass is 32.2. The van der Waals surface area contributed by atoms with Gasteiger partial charge in [0.2, 0.25) is 10.0 Å². The van der Waals surface area contributed by atoms with E-state index in [-0.39, 0.29) is 16.0 Å². The zero-order valence-corrected chi connectivity index (χ0v) is 19.3. The van der Waals surface area contributed by atoms with E-state index in [0.717, 1.165) is 19.3 Å². The predicted molar refractivity (Wildman–Crippen MR) is 125 cm³/mol. The van der Waals surface area contributed by atoms with Crippen LogP contribution in [0.2, 0.25) is 0 Å². The van der Waals surface area contributed by atoms with Crippen LogP contribution in [0.5, 0.6) is 0 Å². The molecule has 0 spiro atoms. The smallest absolute Gasteiger partial charge is 0.360 e. The first-order valence-electron chi connectivity index (χ1n) is 10.9. The van der Waals surface area contributed by atoms with E-state index in [9.17, 15) is 22.8 Å². The van der Waals surface area contributed by atoms with Gasteiger partial charge in [-0.2, -0.15) is 9.40 Å². The molecule has 0 bridgehead atoms. The van der Waals surface area contributed by atoms with Crippen LogP contribution in [0, 0.1) is 0 Å². The molecule has 0 saturated carbocycles. The molecule has 1 atom stereocenters. The van der Waals surface area contributed by atoms with E-state index in [1.165, 1.54) is 35.5 Å². The lowest BCUT2D eigenvalue weighted by Crippen LogP contribution is -2.35. The first kappa shape index (κ1) is 23.6. The number of ether oxygens (including phenoxy) is 1. The number of anilines is 1. The Hall–Kier alpha value is -3.57. The van der Waals surface area contributed by atoms with E-state index in [2.05, 4.69) is 15.5 Å². The van der Waals surface area contributed by atoms with Gasteiger partial charge in [0.25, 0.3) is 11.5 Å². The topological polar surface area (TPSA) is 139 Å². The summed E-state index contributed by atoms with van der Waals surface area (Å²) >= 11 is 0. The van der Waals surface area contributed by atoms with Gasteiger partial charge >= 0.3 is 5.97 Å². The lowest BCUT2D eigenvalue weighted by molar-refractivity contribution is -0.123. The molecule has 2 aromatic carbocycles. The summed E-state index contributed by atoms with van der Waals surface area (Å²) in [6, 6.07) is 12.3. The Bertz CT molecular complexity index is 1380. The normalized spacial score (nSPS) is 15.6. The number of esters is 1. The molecule has 1 amide bonds. The summed E-state index contributed by atoms with van der Waals surface area (Å²) in [7, 11) is -3.57. The standard InChI is InChI=1S/C23H24N4O6S/c1-15(33-23(30)20-18-7-3-4-8-19(18)22(29)26-25-20)21(28)24-16-9-11-17(12-10-16)34(31,32)27-13-5-2-6-14-27/h3-4,7-12,15H,2,5-6,13-14H2,1H3,(H,24,28)(H,26,29)/t15-/m1/s1. The molecule has 0 unspecified atom stereocenters.